The Labute approximate surface area is 132 Å². The summed E-state index contributed by atoms with van der Waals surface area (Å²) in [4.78, 5) is 24.7. The Kier molecular flexibility index (Phi) is 6.56. The van der Waals surface area contributed by atoms with E-state index in [4.69, 9.17) is 0 Å². The highest BCUT2D eigenvalue weighted by molar-refractivity contribution is 5.79. The summed E-state index contributed by atoms with van der Waals surface area (Å²) in [6, 6.07) is 3.58. The van der Waals surface area contributed by atoms with Gasteiger partial charge in [-0.05, 0) is 18.7 Å². The molecular weight excluding hydrogens is 313 g/mol. The molecule has 128 valence electrons. The Hall–Kier alpha value is -2.09. The minimum Gasteiger partial charge on any atom is -0.468 e. The molecule has 0 aromatic heterocycles. The fraction of sp³-hybridized carbons (Fsp3) is 0.467. The van der Waals surface area contributed by atoms with Crippen molar-refractivity contribution < 1.29 is 27.5 Å². The SMILES string of the molecule is CNC(=O)CCN(C)C(C(=O)OC)c1ccccc1C(F)(F)F. The Bertz CT molecular complexity index is 561. The molecular formula is C15H19F3N2O3. The average molecular weight is 332 g/mol. The molecule has 0 saturated heterocycles. The zero-order chi connectivity index (χ0) is 17.6. The number of ether oxygens (including phenoxy) is 1. The highest BCUT2D eigenvalue weighted by atomic mass is 19.4. The van der Waals surface area contributed by atoms with Gasteiger partial charge in [0.1, 0.15) is 6.04 Å². The fourth-order valence-corrected chi connectivity index (χ4v) is 2.18. The van der Waals surface area contributed by atoms with E-state index < -0.39 is 23.8 Å². The number of alkyl halides is 3. The quantitative estimate of drug-likeness (QED) is 0.810. The Morgan fingerprint density at radius 1 is 1.30 bits per heavy atom. The number of halogens is 3. The number of nitrogens with one attached hydrogen (secondary N) is 1. The molecule has 0 spiro atoms. The Balaban J connectivity index is 3.18. The van der Waals surface area contributed by atoms with E-state index in [0.29, 0.717) is 0 Å². The van der Waals surface area contributed by atoms with E-state index in [-0.39, 0.29) is 24.4 Å². The van der Waals surface area contributed by atoms with Crippen molar-refractivity contribution in [2.45, 2.75) is 18.6 Å². The van der Waals surface area contributed by atoms with Gasteiger partial charge in [-0.3, -0.25) is 9.69 Å². The minimum atomic E-state index is -4.59. The summed E-state index contributed by atoms with van der Waals surface area (Å²) in [5.74, 6) is -1.09. The van der Waals surface area contributed by atoms with Gasteiger partial charge in [-0.2, -0.15) is 13.2 Å². The number of likely N-dealkylation sites (N-methyl/N-ethyl adjacent to an activating group) is 1. The van der Waals surface area contributed by atoms with Crippen LogP contribution in [-0.2, 0) is 20.5 Å². The van der Waals surface area contributed by atoms with Gasteiger partial charge in [-0.15, -0.1) is 0 Å². The minimum absolute atomic E-state index is 0.0503. The van der Waals surface area contributed by atoms with Crippen molar-refractivity contribution >= 4 is 11.9 Å². The highest BCUT2D eigenvalue weighted by Gasteiger charge is 2.38. The topological polar surface area (TPSA) is 58.6 Å². The third-order valence-corrected chi connectivity index (χ3v) is 3.40. The lowest BCUT2D eigenvalue weighted by molar-refractivity contribution is -0.148. The smallest absolute Gasteiger partial charge is 0.416 e. The van der Waals surface area contributed by atoms with Gasteiger partial charge < -0.3 is 10.1 Å². The van der Waals surface area contributed by atoms with E-state index in [1.807, 2.05) is 0 Å². The van der Waals surface area contributed by atoms with Crippen molar-refractivity contribution in [3.8, 4) is 0 Å². The molecule has 0 radical (unpaired) electrons. The molecule has 8 heteroatoms. The molecule has 1 atom stereocenters. The first-order chi connectivity index (χ1) is 10.7. The molecule has 1 aromatic rings. The van der Waals surface area contributed by atoms with Crippen molar-refractivity contribution in [1.29, 1.82) is 0 Å². The van der Waals surface area contributed by atoms with Crippen LogP contribution in [0.25, 0.3) is 0 Å². The van der Waals surface area contributed by atoms with Crippen molar-refractivity contribution in [3.63, 3.8) is 0 Å². The summed E-state index contributed by atoms with van der Waals surface area (Å²) in [6.45, 7) is 0.103. The van der Waals surface area contributed by atoms with Crippen molar-refractivity contribution in [2.75, 3.05) is 27.7 Å². The largest absolute Gasteiger partial charge is 0.468 e. The number of benzene rings is 1. The van der Waals surface area contributed by atoms with Crippen LogP contribution in [0.2, 0.25) is 0 Å². The van der Waals surface area contributed by atoms with E-state index >= 15 is 0 Å². The second-order valence-electron chi connectivity index (χ2n) is 4.91. The molecule has 0 saturated carbocycles. The third kappa shape index (κ3) is 4.95. The third-order valence-electron chi connectivity index (χ3n) is 3.40. The molecule has 0 heterocycles. The summed E-state index contributed by atoms with van der Waals surface area (Å²) in [7, 11) is 4.04. The van der Waals surface area contributed by atoms with Crippen LogP contribution in [0.1, 0.15) is 23.6 Å². The predicted octanol–water partition coefficient (Wildman–Crippen LogP) is 1.99. The van der Waals surface area contributed by atoms with E-state index in [2.05, 4.69) is 10.1 Å². The second kappa shape index (κ2) is 7.96. The van der Waals surface area contributed by atoms with Crippen LogP contribution < -0.4 is 5.32 Å². The fourth-order valence-electron chi connectivity index (χ4n) is 2.18. The molecule has 1 amide bonds. The van der Waals surface area contributed by atoms with Gasteiger partial charge >= 0.3 is 12.1 Å². The molecule has 23 heavy (non-hydrogen) atoms. The van der Waals surface area contributed by atoms with Gasteiger partial charge in [0.05, 0.1) is 12.7 Å². The Morgan fingerprint density at radius 2 is 1.91 bits per heavy atom. The molecule has 5 nitrogen and oxygen atoms in total. The lowest BCUT2D eigenvalue weighted by Crippen LogP contribution is -2.35. The number of carbonyl (C=O) groups is 2. The summed E-state index contributed by atoms with van der Waals surface area (Å²) in [6.07, 6.45) is -4.54. The molecule has 0 aliphatic carbocycles. The average Bonchev–Trinajstić information content (AvgIpc) is 2.52. The second-order valence-corrected chi connectivity index (χ2v) is 4.91. The van der Waals surface area contributed by atoms with Gasteiger partial charge in [-0.1, -0.05) is 18.2 Å². The van der Waals surface area contributed by atoms with Crippen LogP contribution in [0.4, 0.5) is 13.2 Å². The first-order valence-corrected chi connectivity index (χ1v) is 6.87. The van der Waals surface area contributed by atoms with Crippen LogP contribution in [0.3, 0.4) is 0 Å². The molecule has 1 unspecified atom stereocenters. The number of methoxy groups -OCH3 is 1. The van der Waals surface area contributed by atoms with Crippen LogP contribution >= 0.6 is 0 Å². The van der Waals surface area contributed by atoms with Crippen molar-refractivity contribution in [3.05, 3.63) is 35.4 Å². The number of rotatable bonds is 6. The molecule has 1 N–H and O–H groups in total. The van der Waals surface area contributed by atoms with Gasteiger partial charge in [0.25, 0.3) is 0 Å². The molecule has 0 bridgehead atoms. The van der Waals surface area contributed by atoms with E-state index in [1.165, 1.54) is 37.2 Å². The lowest BCUT2D eigenvalue weighted by atomic mass is 9.98. The zero-order valence-corrected chi connectivity index (χ0v) is 13.1. The number of esters is 1. The lowest BCUT2D eigenvalue weighted by Gasteiger charge is -2.28. The van der Waals surface area contributed by atoms with Crippen molar-refractivity contribution in [2.24, 2.45) is 0 Å². The van der Waals surface area contributed by atoms with Gasteiger partial charge in [0, 0.05) is 20.0 Å². The maximum Gasteiger partial charge on any atom is 0.416 e. The van der Waals surface area contributed by atoms with Crippen molar-refractivity contribution in [1.82, 2.24) is 10.2 Å². The zero-order valence-electron chi connectivity index (χ0n) is 13.1. The molecule has 0 fully saturated rings. The van der Waals surface area contributed by atoms with Crippen LogP contribution in [0, 0.1) is 0 Å². The highest BCUT2D eigenvalue weighted by Crippen LogP contribution is 2.36. The number of carbonyl (C=O) groups excluding carboxylic acids is 2. The maximum absolute atomic E-state index is 13.2. The molecule has 0 aliphatic heterocycles. The number of nitrogens with zero attached hydrogens (tertiary/aromatic N) is 1. The van der Waals surface area contributed by atoms with Crippen LogP contribution in [0.15, 0.2) is 24.3 Å². The van der Waals surface area contributed by atoms with E-state index in [0.717, 1.165) is 13.2 Å². The summed E-state index contributed by atoms with van der Waals surface area (Å²) in [5.41, 5.74) is -1.10. The first-order valence-electron chi connectivity index (χ1n) is 6.87. The van der Waals surface area contributed by atoms with Gasteiger partial charge in [0.15, 0.2) is 0 Å². The summed E-state index contributed by atoms with van der Waals surface area (Å²) < 4.78 is 44.2. The summed E-state index contributed by atoms with van der Waals surface area (Å²) in [5, 5.41) is 2.42. The number of hydrogen-bond donors (Lipinski definition) is 1. The summed E-state index contributed by atoms with van der Waals surface area (Å²) >= 11 is 0. The molecule has 0 aliphatic rings. The van der Waals surface area contributed by atoms with Gasteiger partial charge in [0.2, 0.25) is 5.91 Å². The first kappa shape index (κ1) is 19.0. The monoisotopic (exact) mass is 332 g/mol. The number of hydrogen-bond acceptors (Lipinski definition) is 4. The Morgan fingerprint density at radius 3 is 2.43 bits per heavy atom. The maximum atomic E-state index is 13.2. The van der Waals surface area contributed by atoms with Gasteiger partial charge in [-0.25, -0.2) is 4.79 Å². The molecule has 1 rings (SSSR count). The molecule has 1 aromatic carbocycles. The predicted molar refractivity (Wildman–Crippen MR) is 77.5 cm³/mol. The normalized spacial score (nSPS) is 12.8. The van der Waals surface area contributed by atoms with Crippen LogP contribution in [-0.4, -0.2) is 44.5 Å². The van der Waals surface area contributed by atoms with E-state index in [9.17, 15) is 22.8 Å². The van der Waals surface area contributed by atoms with Crippen LogP contribution in [0.5, 0.6) is 0 Å². The number of amides is 1. The van der Waals surface area contributed by atoms with E-state index in [1.54, 1.807) is 0 Å². The standard InChI is InChI=1S/C15H19F3N2O3/c1-19-12(21)8-9-20(2)13(14(22)23-3)10-6-4-5-7-11(10)15(16,17)18/h4-7,13H,8-9H2,1-3H3,(H,19,21).